The summed E-state index contributed by atoms with van der Waals surface area (Å²) < 4.78 is 26.3. The van der Waals surface area contributed by atoms with Gasteiger partial charge in [0.1, 0.15) is 0 Å². The summed E-state index contributed by atoms with van der Waals surface area (Å²) in [4.78, 5) is 3.36. The molecule has 0 bridgehead atoms. The summed E-state index contributed by atoms with van der Waals surface area (Å²) in [6.45, 7) is 9.52. The number of fused-ring (bicyclic) bond motifs is 1. The molecule has 1 heterocycles. The van der Waals surface area contributed by atoms with E-state index in [9.17, 15) is 8.42 Å². The number of nitrogens with zero attached hydrogens (tertiary/aromatic N) is 1. The first-order valence-electron chi connectivity index (χ1n) is 6.93. The number of aromatic amines is 1. The van der Waals surface area contributed by atoms with E-state index in [0.29, 0.717) is 21.1 Å². The Bertz CT molecular complexity index is 823. The number of nitrogens with one attached hydrogen (secondary N) is 1. The normalized spacial score (nSPS) is 14.5. The molecule has 1 N–H and O–H groups in total. The Labute approximate surface area is 131 Å². The summed E-state index contributed by atoms with van der Waals surface area (Å²) >= 11 is 5.39. The van der Waals surface area contributed by atoms with Crippen molar-refractivity contribution in [2.75, 3.05) is 6.26 Å². The van der Waals surface area contributed by atoms with Gasteiger partial charge in [-0.25, -0.2) is 8.42 Å². The Morgan fingerprint density at radius 1 is 1.33 bits per heavy atom. The molecule has 116 valence electrons. The number of hydrogen-bond acceptors (Lipinski definition) is 3. The zero-order valence-electron chi connectivity index (χ0n) is 13.1. The SMILES string of the molecule is CC(Cn1c(=S)[nH]c2c(S(C)(=O)=O)cccc21)C(C)(C)C. The van der Waals surface area contributed by atoms with E-state index in [1.54, 1.807) is 12.1 Å². The average Bonchev–Trinajstić information content (AvgIpc) is 2.63. The van der Waals surface area contributed by atoms with Crippen LogP contribution < -0.4 is 0 Å². The lowest BCUT2D eigenvalue weighted by Gasteiger charge is -2.27. The van der Waals surface area contributed by atoms with Gasteiger partial charge in [0.05, 0.1) is 15.9 Å². The van der Waals surface area contributed by atoms with Crippen molar-refractivity contribution in [3.05, 3.63) is 23.0 Å². The van der Waals surface area contributed by atoms with Gasteiger partial charge in [-0.15, -0.1) is 0 Å². The first kappa shape index (κ1) is 16.2. The van der Waals surface area contributed by atoms with Gasteiger partial charge in [-0.2, -0.15) is 0 Å². The molecule has 6 heteroatoms. The number of benzene rings is 1. The van der Waals surface area contributed by atoms with Gasteiger partial charge in [-0.1, -0.05) is 33.8 Å². The van der Waals surface area contributed by atoms with Crippen molar-refractivity contribution in [2.24, 2.45) is 11.3 Å². The third kappa shape index (κ3) is 3.21. The smallest absolute Gasteiger partial charge is 0.178 e. The summed E-state index contributed by atoms with van der Waals surface area (Å²) in [5.41, 5.74) is 1.61. The maximum Gasteiger partial charge on any atom is 0.178 e. The molecule has 1 aromatic carbocycles. The Kier molecular flexibility index (Phi) is 4.06. The largest absolute Gasteiger partial charge is 0.329 e. The molecule has 0 amide bonds. The number of H-pyrrole nitrogens is 1. The number of aromatic nitrogens is 2. The van der Waals surface area contributed by atoms with E-state index < -0.39 is 9.84 Å². The van der Waals surface area contributed by atoms with Crippen molar-refractivity contribution < 1.29 is 8.42 Å². The van der Waals surface area contributed by atoms with Gasteiger partial charge < -0.3 is 9.55 Å². The van der Waals surface area contributed by atoms with Crippen molar-refractivity contribution in [3.8, 4) is 0 Å². The maximum atomic E-state index is 11.9. The second-order valence-corrected chi connectivity index (χ2v) is 9.10. The van der Waals surface area contributed by atoms with Crippen molar-refractivity contribution in [3.63, 3.8) is 0 Å². The molecular formula is C15H22N2O2S2. The zero-order valence-corrected chi connectivity index (χ0v) is 14.7. The van der Waals surface area contributed by atoms with Gasteiger partial charge >= 0.3 is 0 Å². The summed E-state index contributed by atoms with van der Waals surface area (Å²) in [7, 11) is -3.28. The minimum Gasteiger partial charge on any atom is -0.329 e. The zero-order chi connectivity index (χ0) is 16.0. The molecular weight excluding hydrogens is 304 g/mol. The second kappa shape index (κ2) is 5.25. The van der Waals surface area contributed by atoms with Crippen LogP contribution in [-0.2, 0) is 16.4 Å². The molecule has 4 nitrogen and oxygen atoms in total. The average molecular weight is 326 g/mol. The lowest BCUT2D eigenvalue weighted by Crippen LogP contribution is -2.22. The molecule has 2 rings (SSSR count). The van der Waals surface area contributed by atoms with Crippen LogP contribution in [0, 0.1) is 16.1 Å². The number of sulfone groups is 1. The van der Waals surface area contributed by atoms with Crippen molar-refractivity contribution in [1.29, 1.82) is 0 Å². The predicted molar refractivity (Wildman–Crippen MR) is 88.9 cm³/mol. The third-order valence-electron chi connectivity index (χ3n) is 4.11. The van der Waals surface area contributed by atoms with E-state index in [-0.39, 0.29) is 5.41 Å². The van der Waals surface area contributed by atoms with Crippen LogP contribution in [0.2, 0.25) is 0 Å². The van der Waals surface area contributed by atoms with Crippen molar-refractivity contribution in [1.82, 2.24) is 9.55 Å². The van der Waals surface area contributed by atoms with Crippen LogP contribution in [0.15, 0.2) is 23.1 Å². The van der Waals surface area contributed by atoms with Crippen LogP contribution in [0.4, 0.5) is 0 Å². The lowest BCUT2D eigenvalue weighted by molar-refractivity contribution is 0.234. The number of hydrogen-bond donors (Lipinski definition) is 1. The Hall–Kier alpha value is -1.14. The molecule has 0 spiro atoms. The number of imidazole rings is 1. The lowest BCUT2D eigenvalue weighted by atomic mass is 9.82. The van der Waals surface area contributed by atoms with Gasteiger partial charge in [-0.3, -0.25) is 0 Å². The fourth-order valence-corrected chi connectivity index (χ4v) is 3.32. The molecule has 0 radical (unpaired) electrons. The molecule has 0 saturated heterocycles. The van der Waals surface area contributed by atoms with Crippen LogP contribution in [-0.4, -0.2) is 24.2 Å². The van der Waals surface area contributed by atoms with Crippen LogP contribution in [0.25, 0.3) is 11.0 Å². The van der Waals surface area contributed by atoms with Crippen LogP contribution in [0.1, 0.15) is 27.7 Å². The van der Waals surface area contributed by atoms with E-state index in [1.807, 2.05) is 10.6 Å². The van der Waals surface area contributed by atoms with E-state index >= 15 is 0 Å². The quantitative estimate of drug-likeness (QED) is 0.873. The molecule has 0 aliphatic rings. The molecule has 1 aromatic heterocycles. The number of rotatable bonds is 3. The summed E-state index contributed by atoms with van der Waals surface area (Å²) in [5, 5.41) is 0. The molecule has 0 aliphatic heterocycles. The third-order valence-corrected chi connectivity index (χ3v) is 5.57. The van der Waals surface area contributed by atoms with Gasteiger partial charge in [-0.05, 0) is 35.7 Å². The second-order valence-electron chi connectivity index (χ2n) is 6.73. The Balaban J connectivity index is 2.63. The first-order chi connectivity index (χ1) is 9.51. The van der Waals surface area contributed by atoms with Gasteiger partial charge in [0.25, 0.3) is 0 Å². The van der Waals surface area contributed by atoms with Crippen molar-refractivity contribution >= 4 is 33.1 Å². The van der Waals surface area contributed by atoms with E-state index in [2.05, 4.69) is 32.7 Å². The molecule has 21 heavy (non-hydrogen) atoms. The predicted octanol–water partition coefficient (Wildman–Crippen LogP) is 3.78. The Morgan fingerprint density at radius 2 is 1.95 bits per heavy atom. The van der Waals surface area contributed by atoms with Gasteiger partial charge in [0, 0.05) is 12.8 Å². The summed E-state index contributed by atoms with van der Waals surface area (Å²) in [5.74, 6) is 0.407. The standard InChI is InChI=1S/C15H22N2O2S2/c1-10(15(2,3)4)9-17-11-7-6-8-12(21(5,18)19)13(11)16-14(17)20/h6-8,10H,9H2,1-5H3,(H,16,20). The van der Waals surface area contributed by atoms with Crippen LogP contribution in [0.5, 0.6) is 0 Å². The molecule has 1 atom stereocenters. The molecule has 0 aliphatic carbocycles. The molecule has 1 unspecified atom stereocenters. The monoisotopic (exact) mass is 326 g/mol. The van der Waals surface area contributed by atoms with E-state index in [0.717, 1.165) is 12.1 Å². The highest BCUT2D eigenvalue weighted by Gasteiger charge is 2.22. The van der Waals surface area contributed by atoms with Crippen LogP contribution in [0.3, 0.4) is 0 Å². The van der Waals surface area contributed by atoms with E-state index in [4.69, 9.17) is 12.2 Å². The summed E-state index contributed by atoms with van der Waals surface area (Å²) in [6.07, 6.45) is 1.22. The van der Waals surface area contributed by atoms with Gasteiger partial charge in [0.2, 0.25) is 0 Å². The van der Waals surface area contributed by atoms with Crippen molar-refractivity contribution in [2.45, 2.75) is 39.1 Å². The minimum atomic E-state index is -3.28. The Morgan fingerprint density at radius 3 is 2.48 bits per heavy atom. The molecule has 0 saturated carbocycles. The van der Waals surface area contributed by atoms with E-state index in [1.165, 1.54) is 6.26 Å². The first-order valence-corrected chi connectivity index (χ1v) is 9.23. The van der Waals surface area contributed by atoms with Crippen LogP contribution >= 0.6 is 12.2 Å². The van der Waals surface area contributed by atoms with Gasteiger partial charge in [0.15, 0.2) is 14.6 Å². The summed E-state index contributed by atoms with van der Waals surface area (Å²) in [6, 6.07) is 5.28. The fourth-order valence-electron chi connectivity index (χ4n) is 2.19. The molecule has 2 aromatic rings. The minimum absolute atomic E-state index is 0.160. The topological polar surface area (TPSA) is 54.9 Å². The maximum absolute atomic E-state index is 11.9. The highest BCUT2D eigenvalue weighted by Crippen LogP contribution is 2.29. The fraction of sp³-hybridized carbons (Fsp3) is 0.533. The highest BCUT2D eigenvalue weighted by atomic mass is 32.2. The number of para-hydroxylation sites is 1. The molecule has 0 fully saturated rings. The highest BCUT2D eigenvalue weighted by molar-refractivity contribution is 7.91.